The molecule has 2 aliphatic heterocycles. The minimum atomic E-state index is -5.19. The maximum Gasteiger partial charge on any atom is 0.491 e. The number of rotatable bonds is 3. The van der Waals surface area contributed by atoms with Gasteiger partial charge in [-0.25, -0.2) is 9.59 Å². The fourth-order valence-corrected chi connectivity index (χ4v) is 3.12. The van der Waals surface area contributed by atoms with Crippen LogP contribution in [-0.4, -0.2) is 78.5 Å². The summed E-state index contributed by atoms with van der Waals surface area (Å²) >= 11 is 0. The van der Waals surface area contributed by atoms with Gasteiger partial charge in [0.2, 0.25) is 6.23 Å². The highest BCUT2D eigenvalue weighted by Crippen LogP contribution is 2.38. The highest BCUT2D eigenvalue weighted by molar-refractivity contribution is 5.84. The molecule has 0 aromatic heterocycles. The third-order valence-corrected chi connectivity index (χ3v) is 4.31. The molecule has 2 amide bonds. The van der Waals surface area contributed by atoms with Gasteiger partial charge in [-0.3, -0.25) is 9.69 Å². The van der Waals surface area contributed by atoms with Gasteiger partial charge in [0.05, 0.1) is 7.11 Å². The van der Waals surface area contributed by atoms with Crippen molar-refractivity contribution in [3.8, 4) is 0 Å². The largest absolute Gasteiger partial charge is 0.491 e. The van der Waals surface area contributed by atoms with Crippen molar-refractivity contribution in [1.82, 2.24) is 15.1 Å². The van der Waals surface area contributed by atoms with Crippen LogP contribution in [0.3, 0.4) is 0 Å². The summed E-state index contributed by atoms with van der Waals surface area (Å²) in [5.74, 6) is -3.12. The zero-order valence-corrected chi connectivity index (χ0v) is 12.7. The van der Waals surface area contributed by atoms with Crippen LogP contribution in [0.25, 0.3) is 0 Å². The maximum atomic E-state index is 12.6. The molecule has 3 atom stereocenters. The quantitative estimate of drug-likeness (QED) is 0.711. The summed E-state index contributed by atoms with van der Waals surface area (Å²) in [5, 5.41) is 2.82. The van der Waals surface area contributed by atoms with Gasteiger partial charge in [0.15, 0.2) is 0 Å². The van der Waals surface area contributed by atoms with E-state index in [1.807, 2.05) is 0 Å². The van der Waals surface area contributed by atoms with Gasteiger partial charge < -0.3 is 19.7 Å². The van der Waals surface area contributed by atoms with Crippen molar-refractivity contribution < 1.29 is 37.0 Å². The zero-order chi connectivity index (χ0) is 17.6. The normalized spacial score (nSPS) is 30.2. The van der Waals surface area contributed by atoms with Crippen LogP contribution in [0.5, 0.6) is 0 Å². The molecule has 0 radical (unpaired) electrons. The first-order chi connectivity index (χ1) is 11.3. The van der Waals surface area contributed by atoms with Crippen molar-refractivity contribution in [2.75, 3.05) is 20.2 Å². The highest BCUT2D eigenvalue weighted by Gasteiger charge is 2.59. The van der Waals surface area contributed by atoms with Crippen LogP contribution in [0.15, 0.2) is 0 Å². The molecule has 1 aliphatic carbocycles. The maximum absolute atomic E-state index is 12.6. The Labute approximate surface area is 134 Å². The molecule has 2 heterocycles. The Morgan fingerprint density at radius 2 is 1.96 bits per heavy atom. The number of hydrogen-bond donors (Lipinski definition) is 1. The van der Waals surface area contributed by atoms with E-state index in [0.29, 0.717) is 12.8 Å². The van der Waals surface area contributed by atoms with E-state index in [4.69, 9.17) is 0 Å². The highest BCUT2D eigenvalue weighted by atomic mass is 19.4. The molecule has 0 aromatic carbocycles. The lowest BCUT2D eigenvalue weighted by Crippen LogP contribution is -2.63. The van der Waals surface area contributed by atoms with Gasteiger partial charge in [-0.15, -0.1) is 0 Å². The monoisotopic (exact) mass is 351 g/mol. The van der Waals surface area contributed by atoms with E-state index in [1.165, 1.54) is 4.90 Å². The molecule has 3 unspecified atom stereocenters. The van der Waals surface area contributed by atoms with Crippen molar-refractivity contribution in [2.24, 2.45) is 0 Å². The summed E-state index contributed by atoms with van der Waals surface area (Å²) in [6.07, 6.45) is -5.45. The number of amides is 2. The van der Waals surface area contributed by atoms with E-state index in [9.17, 15) is 27.6 Å². The molecule has 24 heavy (non-hydrogen) atoms. The molecule has 0 aromatic rings. The number of nitrogens with zero attached hydrogens (tertiary/aromatic N) is 2. The summed E-state index contributed by atoms with van der Waals surface area (Å²) in [6.45, 7) is 0.473. The van der Waals surface area contributed by atoms with E-state index in [2.05, 4.69) is 14.8 Å². The number of alkyl halides is 3. The number of esters is 2. The van der Waals surface area contributed by atoms with Crippen LogP contribution in [0.1, 0.15) is 12.8 Å². The van der Waals surface area contributed by atoms with E-state index in [0.717, 1.165) is 12.0 Å². The Hall–Kier alpha value is -2.04. The minimum Gasteiger partial charge on any atom is -0.468 e. The second kappa shape index (κ2) is 5.80. The molecule has 8 nitrogen and oxygen atoms in total. The molecule has 2 saturated heterocycles. The Balaban J connectivity index is 1.92. The average Bonchev–Trinajstić information content (AvgIpc) is 3.32. The average molecular weight is 351 g/mol. The molecule has 0 bridgehead atoms. The van der Waals surface area contributed by atoms with Gasteiger partial charge in [-0.05, 0) is 12.8 Å². The van der Waals surface area contributed by atoms with Crippen LogP contribution >= 0.6 is 0 Å². The van der Waals surface area contributed by atoms with E-state index in [-0.39, 0.29) is 19.1 Å². The van der Waals surface area contributed by atoms with Gasteiger partial charge in [-0.2, -0.15) is 13.2 Å². The number of ether oxygens (including phenoxy) is 2. The number of nitrogens with one attached hydrogen (secondary N) is 1. The molecule has 3 rings (SSSR count). The first-order valence-electron chi connectivity index (χ1n) is 7.43. The fourth-order valence-electron chi connectivity index (χ4n) is 3.12. The lowest BCUT2D eigenvalue weighted by atomic mass is 10.0. The number of fused-ring (bicyclic) bond motifs is 1. The second-order valence-corrected chi connectivity index (χ2v) is 5.85. The van der Waals surface area contributed by atoms with Crippen molar-refractivity contribution in [2.45, 2.75) is 43.4 Å². The SMILES string of the molecule is COC(=O)C1NCCN2C(=O)N(C3CC3)C(OC(=O)C(F)(F)F)C12. The number of piperazine rings is 1. The molecule has 134 valence electrons. The topological polar surface area (TPSA) is 88.2 Å². The second-order valence-electron chi connectivity index (χ2n) is 5.85. The zero-order valence-electron chi connectivity index (χ0n) is 12.7. The van der Waals surface area contributed by atoms with Gasteiger partial charge in [0.1, 0.15) is 12.1 Å². The number of methoxy groups -OCH3 is 1. The van der Waals surface area contributed by atoms with Gasteiger partial charge in [-0.1, -0.05) is 0 Å². The fraction of sp³-hybridized carbons (Fsp3) is 0.769. The Morgan fingerprint density at radius 1 is 1.29 bits per heavy atom. The molecule has 3 aliphatic rings. The Bertz CT molecular complexity index is 566. The summed E-state index contributed by atoms with van der Waals surface area (Å²) in [5.41, 5.74) is 0. The van der Waals surface area contributed by atoms with Crippen LogP contribution in [0.2, 0.25) is 0 Å². The van der Waals surface area contributed by atoms with Crippen molar-refractivity contribution in [3.63, 3.8) is 0 Å². The molecular weight excluding hydrogens is 335 g/mol. The smallest absolute Gasteiger partial charge is 0.468 e. The lowest BCUT2D eigenvalue weighted by molar-refractivity contribution is -0.212. The number of carbonyl (C=O) groups is 3. The summed E-state index contributed by atoms with van der Waals surface area (Å²) in [7, 11) is 1.13. The summed E-state index contributed by atoms with van der Waals surface area (Å²) in [4.78, 5) is 38.2. The predicted octanol–water partition coefficient (Wildman–Crippen LogP) is -0.169. The number of halogens is 3. The molecule has 1 N–H and O–H groups in total. The van der Waals surface area contributed by atoms with Gasteiger partial charge in [0.25, 0.3) is 0 Å². The summed E-state index contributed by atoms with van der Waals surface area (Å²) < 4.78 is 47.0. The predicted molar refractivity (Wildman–Crippen MR) is 70.5 cm³/mol. The van der Waals surface area contributed by atoms with Gasteiger partial charge in [0, 0.05) is 19.1 Å². The molecular formula is C13H16F3N3O5. The lowest BCUT2D eigenvalue weighted by Gasteiger charge is -2.36. The molecule has 0 spiro atoms. The van der Waals surface area contributed by atoms with Crippen molar-refractivity contribution >= 4 is 18.0 Å². The number of hydrogen-bond acceptors (Lipinski definition) is 6. The van der Waals surface area contributed by atoms with Gasteiger partial charge >= 0.3 is 24.1 Å². The van der Waals surface area contributed by atoms with Crippen LogP contribution < -0.4 is 5.32 Å². The first kappa shape index (κ1) is 16.8. The third-order valence-electron chi connectivity index (χ3n) is 4.31. The minimum absolute atomic E-state index is 0.195. The third kappa shape index (κ3) is 2.76. The molecule has 11 heteroatoms. The van der Waals surface area contributed by atoms with Crippen molar-refractivity contribution in [3.05, 3.63) is 0 Å². The Morgan fingerprint density at radius 3 is 2.50 bits per heavy atom. The van der Waals surface area contributed by atoms with E-state index < -0.39 is 42.5 Å². The Kier molecular flexibility index (Phi) is 4.06. The number of carbonyl (C=O) groups excluding carboxylic acids is 3. The van der Waals surface area contributed by atoms with Crippen LogP contribution in [-0.2, 0) is 19.1 Å². The van der Waals surface area contributed by atoms with Crippen LogP contribution in [0, 0.1) is 0 Å². The molecule has 3 fully saturated rings. The first-order valence-corrected chi connectivity index (χ1v) is 7.43. The van der Waals surface area contributed by atoms with Crippen LogP contribution in [0.4, 0.5) is 18.0 Å². The summed E-state index contributed by atoms with van der Waals surface area (Å²) in [6, 6.07) is -2.95. The number of urea groups is 1. The molecule has 1 saturated carbocycles. The standard InChI is InChI=1S/C13H16F3N3O5/c1-23-10(20)7-8-9(24-11(21)13(14,15)16)19(6-2-3-6)12(22)18(8)5-4-17-7/h6-9,17H,2-5H2,1H3. The van der Waals surface area contributed by atoms with E-state index in [1.54, 1.807) is 0 Å². The van der Waals surface area contributed by atoms with Crippen molar-refractivity contribution in [1.29, 1.82) is 0 Å². The van der Waals surface area contributed by atoms with E-state index >= 15 is 0 Å².